The lowest BCUT2D eigenvalue weighted by molar-refractivity contribution is 0.258. The van der Waals surface area contributed by atoms with E-state index in [-0.39, 0.29) is 18.4 Å². The average molecular weight is 252 g/mol. The minimum Gasteiger partial charge on any atom is -0.396 e. The first-order chi connectivity index (χ1) is 7.45. The fourth-order valence-corrected chi connectivity index (χ4v) is 3.34. The summed E-state index contributed by atoms with van der Waals surface area (Å²) in [6.07, 6.45) is 1.81. The van der Waals surface area contributed by atoms with Gasteiger partial charge in [0.05, 0.1) is 5.75 Å². The van der Waals surface area contributed by atoms with Crippen molar-refractivity contribution in [3.8, 4) is 0 Å². The highest BCUT2D eigenvalue weighted by atomic mass is 32.2. The van der Waals surface area contributed by atoms with Crippen molar-refractivity contribution in [2.24, 2.45) is 5.73 Å². The second kappa shape index (κ2) is 8.00. The molecular weight excluding hydrogens is 228 g/mol. The predicted octanol–water partition coefficient (Wildman–Crippen LogP) is 0.148. The summed E-state index contributed by atoms with van der Waals surface area (Å²) in [4.78, 5) is 0. The first kappa shape index (κ1) is 15.8. The summed E-state index contributed by atoms with van der Waals surface area (Å²) >= 11 is 0. The molecule has 0 aromatic rings. The Kier molecular flexibility index (Phi) is 7.91. The third-order valence-electron chi connectivity index (χ3n) is 2.33. The zero-order valence-electron chi connectivity index (χ0n) is 10.2. The van der Waals surface area contributed by atoms with Crippen molar-refractivity contribution >= 4 is 10.0 Å². The second-order valence-electron chi connectivity index (χ2n) is 4.09. The molecule has 6 heteroatoms. The molecule has 0 amide bonds. The van der Waals surface area contributed by atoms with Crippen molar-refractivity contribution in [3.05, 3.63) is 0 Å². The van der Waals surface area contributed by atoms with Gasteiger partial charge in [0.1, 0.15) is 0 Å². The van der Waals surface area contributed by atoms with Gasteiger partial charge in [-0.05, 0) is 39.7 Å². The summed E-state index contributed by atoms with van der Waals surface area (Å²) < 4.78 is 25.4. The lowest BCUT2D eigenvalue weighted by Crippen LogP contribution is -2.39. The highest BCUT2D eigenvalue weighted by Crippen LogP contribution is 2.10. The van der Waals surface area contributed by atoms with Gasteiger partial charge in [-0.3, -0.25) is 0 Å². The Balaban J connectivity index is 4.38. The predicted molar refractivity (Wildman–Crippen MR) is 65.6 cm³/mol. The summed E-state index contributed by atoms with van der Waals surface area (Å²) in [6, 6.07) is -0.0607. The van der Waals surface area contributed by atoms with Crippen molar-refractivity contribution in [2.45, 2.75) is 39.2 Å². The SMILES string of the molecule is CC(C)N(CCCO)S(=O)(=O)CCCCN. The Morgan fingerprint density at radius 3 is 2.31 bits per heavy atom. The first-order valence-electron chi connectivity index (χ1n) is 5.76. The van der Waals surface area contributed by atoms with Crippen LogP contribution in [0, 0.1) is 0 Å². The second-order valence-corrected chi connectivity index (χ2v) is 6.13. The van der Waals surface area contributed by atoms with Gasteiger partial charge in [-0.1, -0.05) is 0 Å². The van der Waals surface area contributed by atoms with Crippen molar-refractivity contribution in [1.82, 2.24) is 4.31 Å². The standard InChI is InChI=1S/C10H24N2O3S/c1-10(2)12(7-5-8-13)16(14,15)9-4-3-6-11/h10,13H,3-9,11H2,1-2H3. The van der Waals surface area contributed by atoms with E-state index in [4.69, 9.17) is 10.8 Å². The number of nitrogens with zero attached hydrogens (tertiary/aromatic N) is 1. The van der Waals surface area contributed by atoms with E-state index in [9.17, 15) is 8.42 Å². The molecule has 16 heavy (non-hydrogen) atoms. The van der Waals surface area contributed by atoms with Crippen LogP contribution in [0.4, 0.5) is 0 Å². The van der Waals surface area contributed by atoms with Crippen LogP contribution in [0.15, 0.2) is 0 Å². The Morgan fingerprint density at radius 2 is 1.88 bits per heavy atom. The van der Waals surface area contributed by atoms with Gasteiger partial charge in [-0.2, -0.15) is 4.31 Å². The van der Waals surface area contributed by atoms with Crippen LogP contribution in [0.1, 0.15) is 33.1 Å². The molecule has 0 atom stereocenters. The first-order valence-corrected chi connectivity index (χ1v) is 7.37. The van der Waals surface area contributed by atoms with Crippen LogP contribution < -0.4 is 5.73 Å². The summed E-state index contributed by atoms with van der Waals surface area (Å²) in [7, 11) is -3.20. The molecule has 0 aliphatic carbocycles. The molecule has 0 heterocycles. The van der Waals surface area contributed by atoms with Crippen molar-refractivity contribution < 1.29 is 13.5 Å². The van der Waals surface area contributed by atoms with Crippen LogP contribution in [-0.2, 0) is 10.0 Å². The topological polar surface area (TPSA) is 83.6 Å². The molecular formula is C10H24N2O3S. The zero-order valence-corrected chi connectivity index (χ0v) is 11.0. The number of sulfonamides is 1. The van der Waals surface area contributed by atoms with Gasteiger partial charge < -0.3 is 10.8 Å². The van der Waals surface area contributed by atoms with E-state index < -0.39 is 10.0 Å². The maximum Gasteiger partial charge on any atom is 0.214 e. The third-order valence-corrected chi connectivity index (χ3v) is 4.45. The maximum atomic E-state index is 12.0. The van der Waals surface area contributed by atoms with E-state index in [1.54, 1.807) is 0 Å². The quantitative estimate of drug-likeness (QED) is 0.572. The lowest BCUT2D eigenvalue weighted by atomic mass is 10.3. The van der Waals surface area contributed by atoms with Crippen molar-refractivity contribution in [2.75, 3.05) is 25.4 Å². The van der Waals surface area contributed by atoms with E-state index >= 15 is 0 Å². The van der Waals surface area contributed by atoms with Crippen LogP contribution in [0.3, 0.4) is 0 Å². The number of aliphatic hydroxyl groups excluding tert-OH is 1. The molecule has 0 rings (SSSR count). The van der Waals surface area contributed by atoms with Crippen LogP contribution in [-0.4, -0.2) is 49.3 Å². The molecule has 0 saturated heterocycles. The summed E-state index contributed by atoms with van der Waals surface area (Å²) in [5.74, 6) is 0.147. The molecule has 0 unspecified atom stereocenters. The number of aliphatic hydroxyl groups is 1. The summed E-state index contributed by atoms with van der Waals surface area (Å²) in [5, 5.41) is 8.74. The van der Waals surface area contributed by atoms with E-state index in [2.05, 4.69) is 0 Å². The van der Waals surface area contributed by atoms with E-state index in [0.29, 0.717) is 25.9 Å². The molecule has 0 spiro atoms. The Morgan fingerprint density at radius 1 is 1.25 bits per heavy atom. The Bertz CT molecular complexity index is 265. The molecule has 3 N–H and O–H groups in total. The minimum atomic E-state index is -3.20. The van der Waals surface area contributed by atoms with Gasteiger partial charge in [0.2, 0.25) is 10.0 Å². The van der Waals surface area contributed by atoms with Gasteiger partial charge in [0, 0.05) is 19.2 Å². The van der Waals surface area contributed by atoms with E-state index in [1.807, 2.05) is 13.8 Å². The molecule has 0 fully saturated rings. The largest absolute Gasteiger partial charge is 0.396 e. The summed E-state index contributed by atoms with van der Waals surface area (Å²) in [6.45, 7) is 4.62. The average Bonchev–Trinajstić information content (AvgIpc) is 2.17. The highest BCUT2D eigenvalue weighted by Gasteiger charge is 2.23. The van der Waals surface area contributed by atoms with Crippen LogP contribution >= 0.6 is 0 Å². The van der Waals surface area contributed by atoms with Crippen LogP contribution in [0.25, 0.3) is 0 Å². The maximum absolute atomic E-state index is 12.0. The van der Waals surface area contributed by atoms with Crippen molar-refractivity contribution in [1.29, 1.82) is 0 Å². The van der Waals surface area contributed by atoms with Gasteiger partial charge >= 0.3 is 0 Å². The van der Waals surface area contributed by atoms with Crippen molar-refractivity contribution in [3.63, 3.8) is 0 Å². The normalized spacial score (nSPS) is 12.6. The molecule has 0 bridgehead atoms. The molecule has 0 aromatic carbocycles. The number of rotatable bonds is 9. The molecule has 0 aliphatic rings. The molecule has 5 nitrogen and oxygen atoms in total. The smallest absolute Gasteiger partial charge is 0.214 e. The number of nitrogens with two attached hydrogens (primary N) is 1. The number of hydrogen-bond acceptors (Lipinski definition) is 4. The zero-order chi connectivity index (χ0) is 12.6. The number of hydrogen-bond donors (Lipinski definition) is 2. The molecule has 0 radical (unpaired) electrons. The van der Waals surface area contributed by atoms with Crippen LogP contribution in [0.5, 0.6) is 0 Å². The third kappa shape index (κ3) is 5.79. The fraction of sp³-hybridized carbons (Fsp3) is 1.00. The molecule has 98 valence electrons. The minimum absolute atomic E-state index is 0.0154. The molecule has 0 aliphatic heterocycles. The Hall–Kier alpha value is -0.170. The number of unbranched alkanes of at least 4 members (excludes halogenated alkanes) is 1. The Labute approximate surface area is 98.7 Å². The van der Waals surface area contributed by atoms with Gasteiger partial charge in [-0.15, -0.1) is 0 Å². The van der Waals surface area contributed by atoms with E-state index in [1.165, 1.54) is 4.31 Å². The van der Waals surface area contributed by atoms with Gasteiger partial charge in [-0.25, -0.2) is 8.42 Å². The highest BCUT2D eigenvalue weighted by molar-refractivity contribution is 7.89. The van der Waals surface area contributed by atoms with E-state index in [0.717, 1.165) is 6.42 Å². The van der Waals surface area contributed by atoms with Gasteiger partial charge in [0.25, 0.3) is 0 Å². The summed E-state index contributed by atoms with van der Waals surface area (Å²) in [5.41, 5.74) is 5.33. The fourth-order valence-electron chi connectivity index (χ4n) is 1.49. The monoisotopic (exact) mass is 252 g/mol. The lowest BCUT2D eigenvalue weighted by Gasteiger charge is -2.25. The van der Waals surface area contributed by atoms with Crippen LogP contribution in [0.2, 0.25) is 0 Å². The van der Waals surface area contributed by atoms with Gasteiger partial charge in [0.15, 0.2) is 0 Å². The molecule has 0 aromatic heterocycles. The molecule has 0 saturated carbocycles.